The molecule has 0 amide bonds. The number of benzene rings is 1. The van der Waals surface area contributed by atoms with Gasteiger partial charge >= 0.3 is 5.97 Å². The number of aryl methyl sites for hydroxylation is 3. The number of aromatic nitrogens is 2. The molecule has 1 aromatic heterocycles. The first-order valence-electron chi connectivity index (χ1n) is 5.38. The van der Waals surface area contributed by atoms with E-state index in [2.05, 4.69) is 9.97 Å². The standard InChI is InChI=1S/C13H14N2O2/c1-8-4-6-11(7-5-8)13(16)17-12-9(2)14-10(3)15-12/h4-7H,1-3H3,(H,14,15). The van der Waals surface area contributed by atoms with E-state index in [1.807, 2.05) is 32.9 Å². The van der Waals surface area contributed by atoms with E-state index in [-0.39, 0.29) is 5.97 Å². The van der Waals surface area contributed by atoms with Gasteiger partial charge in [-0.3, -0.25) is 0 Å². The lowest BCUT2D eigenvalue weighted by Gasteiger charge is -2.02. The quantitative estimate of drug-likeness (QED) is 0.806. The first-order chi connectivity index (χ1) is 8.06. The van der Waals surface area contributed by atoms with Crippen LogP contribution in [0.25, 0.3) is 0 Å². The molecule has 0 radical (unpaired) electrons. The van der Waals surface area contributed by atoms with Gasteiger partial charge < -0.3 is 9.72 Å². The fourth-order valence-electron chi connectivity index (χ4n) is 1.52. The van der Waals surface area contributed by atoms with Gasteiger partial charge in [-0.2, -0.15) is 4.98 Å². The van der Waals surface area contributed by atoms with Gasteiger partial charge in [0.05, 0.1) is 11.3 Å². The van der Waals surface area contributed by atoms with E-state index < -0.39 is 0 Å². The van der Waals surface area contributed by atoms with Crippen LogP contribution in [0.4, 0.5) is 0 Å². The van der Waals surface area contributed by atoms with Crippen molar-refractivity contribution in [1.29, 1.82) is 0 Å². The molecule has 0 saturated carbocycles. The Kier molecular flexibility index (Phi) is 2.95. The van der Waals surface area contributed by atoms with Gasteiger partial charge in [0.1, 0.15) is 5.82 Å². The van der Waals surface area contributed by atoms with Crippen LogP contribution in [-0.4, -0.2) is 15.9 Å². The molecule has 1 aromatic carbocycles. The summed E-state index contributed by atoms with van der Waals surface area (Å²) >= 11 is 0. The summed E-state index contributed by atoms with van der Waals surface area (Å²) < 4.78 is 5.21. The smallest absolute Gasteiger partial charge is 0.344 e. The maximum absolute atomic E-state index is 11.8. The van der Waals surface area contributed by atoms with Crippen LogP contribution in [-0.2, 0) is 0 Å². The molecule has 2 aromatic rings. The molecule has 0 atom stereocenters. The average Bonchev–Trinajstić information content (AvgIpc) is 2.58. The van der Waals surface area contributed by atoms with Gasteiger partial charge in [-0.25, -0.2) is 4.79 Å². The fraction of sp³-hybridized carbons (Fsp3) is 0.231. The number of nitrogens with one attached hydrogen (secondary N) is 1. The monoisotopic (exact) mass is 230 g/mol. The number of hydrogen-bond acceptors (Lipinski definition) is 3. The van der Waals surface area contributed by atoms with E-state index in [0.717, 1.165) is 17.1 Å². The molecule has 1 N–H and O–H groups in total. The van der Waals surface area contributed by atoms with Crippen molar-refractivity contribution in [3.8, 4) is 5.88 Å². The molecule has 88 valence electrons. The molecule has 0 fully saturated rings. The minimum atomic E-state index is -0.389. The number of nitrogens with zero attached hydrogens (tertiary/aromatic N) is 1. The minimum absolute atomic E-state index is 0.341. The average molecular weight is 230 g/mol. The first-order valence-corrected chi connectivity index (χ1v) is 5.38. The Hall–Kier alpha value is -2.10. The number of aromatic amines is 1. The number of H-pyrrole nitrogens is 1. The second-order valence-corrected chi connectivity index (χ2v) is 4.01. The Morgan fingerprint density at radius 1 is 1.18 bits per heavy atom. The van der Waals surface area contributed by atoms with E-state index in [0.29, 0.717) is 11.4 Å². The van der Waals surface area contributed by atoms with Crippen LogP contribution in [0, 0.1) is 20.8 Å². The zero-order chi connectivity index (χ0) is 12.4. The Balaban J connectivity index is 2.17. The van der Waals surface area contributed by atoms with Crippen molar-refractivity contribution in [3.63, 3.8) is 0 Å². The van der Waals surface area contributed by atoms with E-state index in [1.165, 1.54) is 0 Å². The molecule has 0 aliphatic carbocycles. The largest absolute Gasteiger partial charge is 0.402 e. The number of carbonyl (C=O) groups is 1. The molecule has 0 aliphatic rings. The first kappa shape index (κ1) is 11.4. The molecule has 0 spiro atoms. The van der Waals surface area contributed by atoms with Crippen molar-refractivity contribution in [2.45, 2.75) is 20.8 Å². The van der Waals surface area contributed by atoms with Crippen LogP contribution in [0.3, 0.4) is 0 Å². The summed E-state index contributed by atoms with van der Waals surface area (Å²) in [6.45, 7) is 5.60. The maximum atomic E-state index is 11.8. The van der Waals surface area contributed by atoms with E-state index in [9.17, 15) is 4.79 Å². The second kappa shape index (κ2) is 4.41. The highest BCUT2D eigenvalue weighted by atomic mass is 16.5. The predicted molar refractivity (Wildman–Crippen MR) is 64.2 cm³/mol. The molecule has 4 heteroatoms. The number of carbonyl (C=O) groups excluding carboxylic acids is 1. The predicted octanol–water partition coefficient (Wildman–Crippen LogP) is 2.55. The summed E-state index contributed by atoms with van der Waals surface area (Å²) in [6.07, 6.45) is 0. The molecule has 2 rings (SSSR count). The third-order valence-corrected chi connectivity index (χ3v) is 2.44. The molecular formula is C13H14N2O2. The lowest BCUT2D eigenvalue weighted by Crippen LogP contribution is -2.09. The SMILES string of the molecule is Cc1ccc(C(=O)Oc2nc(C)[nH]c2C)cc1. The second-order valence-electron chi connectivity index (χ2n) is 4.01. The summed E-state index contributed by atoms with van der Waals surface area (Å²) in [5, 5.41) is 0. The summed E-state index contributed by atoms with van der Waals surface area (Å²) in [7, 11) is 0. The van der Waals surface area contributed by atoms with Crippen molar-refractivity contribution in [3.05, 3.63) is 46.9 Å². The molecule has 4 nitrogen and oxygen atoms in total. The van der Waals surface area contributed by atoms with Crippen molar-refractivity contribution < 1.29 is 9.53 Å². The summed E-state index contributed by atoms with van der Waals surface area (Å²) in [5.41, 5.74) is 2.38. The summed E-state index contributed by atoms with van der Waals surface area (Å²) in [6, 6.07) is 7.23. The maximum Gasteiger partial charge on any atom is 0.344 e. The Bertz CT molecular complexity index is 541. The molecule has 17 heavy (non-hydrogen) atoms. The van der Waals surface area contributed by atoms with Crippen molar-refractivity contribution in [1.82, 2.24) is 9.97 Å². The van der Waals surface area contributed by atoms with Crippen LogP contribution in [0.1, 0.15) is 27.4 Å². The molecule has 0 unspecified atom stereocenters. The third-order valence-electron chi connectivity index (χ3n) is 2.44. The number of rotatable bonds is 2. The highest BCUT2D eigenvalue weighted by Crippen LogP contribution is 2.15. The van der Waals surface area contributed by atoms with Gasteiger partial charge in [-0.15, -0.1) is 0 Å². The molecule has 0 saturated heterocycles. The lowest BCUT2D eigenvalue weighted by atomic mass is 10.1. The molecule has 1 heterocycles. The molecule has 0 aliphatic heterocycles. The van der Waals surface area contributed by atoms with E-state index >= 15 is 0 Å². The molecular weight excluding hydrogens is 216 g/mol. The number of hydrogen-bond donors (Lipinski definition) is 1. The minimum Gasteiger partial charge on any atom is -0.402 e. The van der Waals surface area contributed by atoms with E-state index in [1.54, 1.807) is 12.1 Å². The van der Waals surface area contributed by atoms with Gasteiger partial charge in [-0.1, -0.05) is 17.7 Å². The van der Waals surface area contributed by atoms with Gasteiger partial charge in [0.25, 0.3) is 0 Å². The van der Waals surface area contributed by atoms with Gasteiger partial charge in [0.15, 0.2) is 0 Å². The van der Waals surface area contributed by atoms with Gasteiger partial charge in [0, 0.05) is 0 Å². The summed E-state index contributed by atoms with van der Waals surface area (Å²) in [5.74, 6) is 0.682. The van der Waals surface area contributed by atoms with Crippen LogP contribution >= 0.6 is 0 Å². The summed E-state index contributed by atoms with van der Waals surface area (Å²) in [4.78, 5) is 18.9. The fourth-order valence-corrected chi connectivity index (χ4v) is 1.52. The van der Waals surface area contributed by atoms with Crippen molar-refractivity contribution in [2.24, 2.45) is 0 Å². The Morgan fingerprint density at radius 3 is 2.35 bits per heavy atom. The zero-order valence-corrected chi connectivity index (χ0v) is 10.1. The highest BCUT2D eigenvalue weighted by Gasteiger charge is 2.12. The highest BCUT2D eigenvalue weighted by molar-refractivity contribution is 5.90. The number of esters is 1. The van der Waals surface area contributed by atoms with Crippen LogP contribution < -0.4 is 4.74 Å². The molecule has 0 bridgehead atoms. The normalized spacial score (nSPS) is 10.3. The number of imidazole rings is 1. The lowest BCUT2D eigenvalue weighted by molar-refractivity contribution is 0.0727. The van der Waals surface area contributed by atoms with Crippen molar-refractivity contribution >= 4 is 5.97 Å². The van der Waals surface area contributed by atoms with Gasteiger partial charge in [0.2, 0.25) is 5.88 Å². The van der Waals surface area contributed by atoms with E-state index in [4.69, 9.17) is 4.74 Å². The van der Waals surface area contributed by atoms with Crippen LogP contribution in [0.2, 0.25) is 0 Å². The topological polar surface area (TPSA) is 55.0 Å². The Labute approximate surface area is 99.7 Å². The number of ether oxygens (including phenoxy) is 1. The zero-order valence-electron chi connectivity index (χ0n) is 10.1. The van der Waals surface area contributed by atoms with Crippen molar-refractivity contribution in [2.75, 3.05) is 0 Å². The third kappa shape index (κ3) is 2.53. The van der Waals surface area contributed by atoms with Crippen LogP contribution in [0.15, 0.2) is 24.3 Å². The Morgan fingerprint density at radius 2 is 1.82 bits per heavy atom. The van der Waals surface area contributed by atoms with Gasteiger partial charge in [-0.05, 0) is 32.9 Å². The van der Waals surface area contributed by atoms with Crippen LogP contribution in [0.5, 0.6) is 5.88 Å².